The van der Waals surface area contributed by atoms with Gasteiger partial charge >= 0.3 is 0 Å². The molecule has 1 heterocycles. The number of rotatable bonds is 4. The van der Waals surface area contributed by atoms with Gasteiger partial charge in [-0.15, -0.1) is 0 Å². The summed E-state index contributed by atoms with van der Waals surface area (Å²) in [5.41, 5.74) is 0.745. The van der Waals surface area contributed by atoms with Crippen molar-refractivity contribution in [2.45, 2.75) is 44.4 Å². The Morgan fingerprint density at radius 1 is 1.25 bits per heavy atom. The predicted octanol–water partition coefficient (Wildman–Crippen LogP) is 4.35. The van der Waals surface area contributed by atoms with Gasteiger partial charge in [0, 0.05) is 23.7 Å². The second kappa shape index (κ2) is 5.80. The highest BCUT2D eigenvalue weighted by Gasteiger charge is 2.41. The first kappa shape index (κ1) is 14.6. The summed E-state index contributed by atoms with van der Waals surface area (Å²) in [6.07, 6.45) is 3.81. The number of halogens is 3. The van der Waals surface area contributed by atoms with Crippen molar-refractivity contribution in [2.24, 2.45) is 5.92 Å². The van der Waals surface area contributed by atoms with Gasteiger partial charge in [-0.25, -0.2) is 4.39 Å². The second-order valence-corrected chi connectivity index (χ2v) is 6.56. The van der Waals surface area contributed by atoms with Gasteiger partial charge in [-0.2, -0.15) is 0 Å². The van der Waals surface area contributed by atoms with E-state index in [9.17, 15) is 4.39 Å². The summed E-state index contributed by atoms with van der Waals surface area (Å²) >= 11 is 11.9. The molecule has 3 unspecified atom stereocenters. The van der Waals surface area contributed by atoms with E-state index in [0.717, 1.165) is 18.6 Å². The van der Waals surface area contributed by atoms with Crippen LogP contribution in [-0.4, -0.2) is 18.8 Å². The number of hydrogen-bond donors (Lipinski definition) is 1. The molecule has 2 nitrogen and oxygen atoms in total. The van der Waals surface area contributed by atoms with Crippen LogP contribution in [0.4, 0.5) is 4.39 Å². The van der Waals surface area contributed by atoms with E-state index in [1.54, 1.807) is 0 Å². The van der Waals surface area contributed by atoms with Gasteiger partial charge in [0.05, 0.1) is 11.1 Å². The molecule has 1 aromatic rings. The van der Waals surface area contributed by atoms with Crippen LogP contribution >= 0.6 is 23.2 Å². The highest BCUT2D eigenvalue weighted by atomic mass is 35.5. The zero-order valence-electron chi connectivity index (χ0n) is 11.3. The Balaban J connectivity index is 1.72. The zero-order chi connectivity index (χ0) is 14.3. The molecule has 1 aliphatic carbocycles. The molecule has 1 aromatic carbocycles. The Morgan fingerprint density at radius 3 is 2.70 bits per heavy atom. The summed E-state index contributed by atoms with van der Waals surface area (Å²) in [6, 6.07) is 3.19. The van der Waals surface area contributed by atoms with E-state index in [0.29, 0.717) is 23.1 Å². The van der Waals surface area contributed by atoms with E-state index in [1.807, 2.05) is 6.92 Å². The second-order valence-electron chi connectivity index (χ2n) is 5.74. The van der Waals surface area contributed by atoms with Crippen molar-refractivity contribution in [3.8, 4) is 0 Å². The minimum Gasteiger partial charge on any atom is -0.376 e. The van der Waals surface area contributed by atoms with Gasteiger partial charge in [-0.1, -0.05) is 23.2 Å². The summed E-state index contributed by atoms with van der Waals surface area (Å²) in [7, 11) is 0. The van der Waals surface area contributed by atoms with Crippen molar-refractivity contribution in [2.75, 3.05) is 6.61 Å². The monoisotopic (exact) mass is 317 g/mol. The third-order valence-corrected chi connectivity index (χ3v) is 4.81. The third kappa shape index (κ3) is 2.96. The first-order valence-electron chi connectivity index (χ1n) is 7.08. The lowest BCUT2D eigenvalue weighted by molar-refractivity contribution is 0.0793. The van der Waals surface area contributed by atoms with E-state index in [4.69, 9.17) is 27.9 Å². The van der Waals surface area contributed by atoms with E-state index in [2.05, 4.69) is 5.32 Å². The van der Waals surface area contributed by atoms with Gasteiger partial charge in [-0.3, -0.25) is 0 Å². The number of ether oxygens (including phenoxy) is 1. The fourth-order valence-corrected chi connectivity index (χ4v) is 3.51. The minimum absolute atomic E-state index is 0.0257. The summed E-state index contributed by atoms with van der Waals surface area (Å²) < 4.78 is 19.4. The van der Waals surface area contributed by atoms with Crippen molar-refractivity contribution in [1.29, 1.82) is 0 Å². The largest absolute Gasteiger partial charge is 0.376 e. The third-order valence-electron chi connectivity index (χ3n) is 4.19. The average Bonchev–Trinajstić information content (AvgIpc) is 3.14. The lowest BCUT2D eigenvalue weighted by Crippen LogP contribution is -2.39. The molecule has 0 bridgehead atoms. The molecule has 1 saturated carbocycles. The molecule has 3 rings (SSSR count). The average molecular weight is 318 g/mol. The fourth-order valence-electron chi connectivity index (χ4n) is 2.96. The van der Waals surface area contributed by atoms with Crippen LogP contribution in [0.25, 0.3) is 0 Å². The van der Waals surface area contributed by atoms with Crippen molar-refractivity contribution >= 4 is 23.2 Å². The highest BCUT2D eigenvalue weighted by Crippen LogP contribution is 2.39. The van der Waals surface area contributed by atoms with E-state index in [-0.39, 0.29) is 11.1 Å². The van der Waals surface area contributed by atoms with Crippen molar-refractivity contribution in [3.63, 3.8) is 0 Å². The molecule has 1 N–H and O–H groups in total. The van der Waals surface area contributed by atoms with Crippen molar-refractivity contribution in [3.05, 3.63) is 33.6 Å². The molecule has 1 aliphatic heterocycles. The van der Waals surface area contributed by atoms with Gasteiger partial charge in [0.1, 0.15) is 5.82 Å². The SMILES string of the molecule is CC(NC1CCOC1C1CC1)c1cc(F)c(Cl)cc1Cl. The Hall–Kier alpha value is -0.350. The van der Waals surface area contributed by atoms with Crippen LogP contribution < -0.4 is 5.32 Å². The molecule has 0 amide bonds. The maximum absolute atomic E-state index is 13.6. The van der Waals surface area contributed by atoms with Gasteiger partial charge < -0.3 is 10.1 Å². The Kier molecular flexibility index (Phi) is 4.23. The van der Waals surface area contributed by atoms with E-state index >= 15 is 0 Å². The molecular weight excluding hydrogens is 300 g/mol. The lowest BCUT2D eigenvalue weighted by Gasteiger charge is -2.25. The maximum atomic E-state index is 13.6. The molecule has 0 radical (unpaired) electrons. The van der Waals surface area contributed by atoms with Gasteiger partial charge in [0.2, 0.25) is 0 Å². The summed E-state index contributed by atoms with van der Waals surface area (Å²) in [6.45, 7) is 2.80. The molecule has 20 heavy (non-hydrogen) atoms. The van der Waals surface area contributed by atoms with Gasteiger partial charge in [0.15, 0.2) is 0 Å². The van der Waals surface area contributed by atoms with Crippen LogP contribution in [0.5, 0.6) is 0 Å². The summed E-state index contributed by atoms with van der Waals surface area (Å²) in [5.74, 6) is 0.265. The smallest absolute Gasteiger partial charge is 0.142 e. The molecular formula is C15H18Cl2FNO. The fraction of sp³-hybridized carbons (Fsp3) is 0.600. The highest BCUT2D eigenvalue weighted by molar-refractivity contribution is 6.35. The Morgan fingerprint density at radius 2 is 2.00 bits per heavy atom. The summed E-state index contributed by atoms with van der Waals surface area (Å²) in [4.78, 5) is 0. The number of benzene rings is 1. The minimum atomic E-state index is -0.430. The van der Waals surface area contributed by atoms with Gasteiger partial charge in [-0.05, 0) is 49.8 Å². The molecule has 1 saturated heterocycles. The van der Waals surface area contributed by atoms with Crippen LogP contribution in [0, 0.1) is 11.7 Å². The first-order valence-corrected chi connectivity index (χ1v) is 7.84. The van der Waals surface area contributed by atoms with Crippen LogP contribution in [-0.2, 0) is 4.74 Å². The molecule has 5 heteroatoms. The molecule has 2 fully saturated rings. The Bertz CT molecular complexity index is 507. The molecule has 3 atom stereocenters. The van der Waals surface area contributed by atoms with E-state index < -0.39 is 5.82 Å². The number of nitrogens with one attached hydrogen (secondary N) is 1. The first-order chi connectivity index (χ1) is 9.56. The van der Waals surface area contributed by atoms with E-state index in [1.165, 1.54) is 25.0 Å². The molecule has 110 valence electrons. The van der Waals surface area contributed by atoms with Crippen LogP contribution in [0.2, 0.25) is 10.0 Å². The summed E-state index contributed by atoms with van der Waals surface area (Å²) in [5, 5.41) is 4.09. The van der Waals surface area contributed by atoms with Gasteiger partial charge in [0.25, 0.3) is 0 Å². The normalized spacial score (nSPS) is 27.8. The van der Waals surface area contributed by atoms with Crippen LogP contribution in [0.3, 0.4) is 0 Å². The van der Waals surface area contributed by atoms with Crippen LogP contribution in [0.15, 0.2) is 12.1 Å². The Labute approximate surface area is 128 Å². The molecule has 0 spiro atoms. The lowest BCUT2D eigenvalue weighted by atomic mass is 10.0. The zero-order valence-corrected chi connectivity index (χ0v) is 12.8. The molecule has 2 aliphatic rings. The van der Waals surface area contributed by atoms with Crippen molar-refractivity contribution in [1.82, 2.24) is 5.32 Å². The standard InChI is InChI=1S/C15H18Cl2FNO/c1-8(10-6-13(18)12(17)7-11(10)16)19-14-4-5-20-15(14)9-2-3-9/h6-9,14-15,19H,2-5H2,1H3. The quantitative estimate of drug-likeness (QED) is 0.833. The topological polar surface area (TPSA) is 21.3 Å². The maximum Gasteiger partial charge on any atom is 0.142 e. The number of hydrogen-bond acceptors (Lipinski definition) is 2. The van der Waals surface area contributed by atoms with Crippen LogP contribution in [0.1, 0.15) is 37.8 Å². The predicted molar refractivity (Wildman–Crippen MR) is 78.8 cm³/mol. The van der Waals surface area contributed by atoms with Crippen molar-refractivity contribution < 1.29 is 9.13 Å². The molecule has 0 aromatic heterocycles.